The number of benzene rings is 3. The molecule has 0 radical (unpaired) electrons. The van der Waals surface area contributed by atoms with Crippen LogP contribution < -0.4 is 5.73 Å². The Morgan fingerprint density at radius 2 is 1.47 bits per heavy atom. The van der Waals surface area contributed by atoms with Gasteiger partial charge in [-0.1, -0.05) is 110 Å². The first-order valence-corrected chi connectivity index (χ1v) is 13.4. The third-order valence-corrected chi connectivity index (χ3v) is 7.39. The lowest BCUT2D eigenvalue weighted by Gasteiger charge is -2.36. The lowest BCUT2D eigenvalue weighted by molar-refractivity contribution is -0.154. The summed E-state index contributed by atoms with van der Waals surface area (Å²) in [5, 5.41) is 0.543. The van der Waals surface area contributed by atoms with Crippen molar-refractivity contribution in [2.24, 2.45) is 5.73 Å². The van der Waals surface area contributed by atoms with Crippen molar-refractivity contribution < 1.29 is 14.3 Å². The van der Waals surface area contributed by atoms with Crippen molar-refractivity contribution in [2.75, 3.05) is 19.8 Å². The van der Waals surface area contributed by atoms with Crippen LogP contribution in [0.1, 0.15) is 73.1 Å². The van der Waals surface area contributed by atoms with Crippen LogP contribution in [0.4, 0.5) is 0 Å². The molecule has 5 heteroatoms. The molecule has 0 aromatic heterocycles. The molecule has 3 aromatic rings. The number of carbonyl (C=O) groups is 1. The third-order valence-electron chi connectivity index (χ3n) is 7.06. The highest BCUT2D eigenvalue weighted by Crippen LogP contribution is 2.44. The summed E-state index contributed by atoms with van der Waals surface area (Å²) in [5.41, 5.74) is 8.12. The normalized spacial score (nSPS) is 16.2. The Hall–Kier alpha value is -2.66. The number of hydrogen-bond acceptors (Lipinski definition) is 4. The van der Waals surface area contributed by atoms with Crippen molar-refractivity contribution in [3.8, 4) is 0 Å². The van der Waals surface area contributed by atoms with Crippen LogP contribution in [-0.4, -0.2) is 25.7 Å². The minimum Gasteiger partial charge on any atom is -0.444 e. The fourth-order valence-electron chi connectivity index (χ4n) is 5.24. The Balaban J connectivity index is 1.77. The Labute approximate surface area is 219 Å². The van der Waals surface area contributed by atoms with Crippen LogP contribution in [-0.2, 0) is 19.9 Å². The Morgan fingerprint density at radius 1 is 0.833 bits per heavy atom. The summed E-state index contributed by atoms with van der Waals surface area (Å²) in [4.78, 5) is 13.2. The molecule has 0 aliphatic heterocycles. The average molecular weight is 506 g/mol. The molecule has 1 fully saturated rings. The van der Waals surface area contributed by atoms with Gasteiger partial charge in [-0.15, -0.1) is 0 Å². The number of carbonyl (C=O) groups excluding carboxylic acids is 1. The van der Waals surface area contributed by atoms with E-state index in [0.29, 0.717) is 24.1 Å². The molecule has 1 unspecified atom stereocenters. The van der Waals surface area contributed by atoms with Crippen molar-refractivity contribution in [2.45, 2.75) is 56.5 Å². The van der Waals surface area contributed by atoms with Gasteiger partial charge in [0.15, 0.2) is 5.60 Å². The SMILES string of the molecule is NCCOCCC(=O)OC(c1ccccc1)(c1ccc(C2CCCCCC2)cc1)c1ccccc1Cl. The van der Waals surface area contributed by atoms with E-state index in [-0.39, 0.29) is 19.0 Å². The molecule has 0 bridgehead atoms. The molecule has 1 atom stereocenters. The Kier molecular flexibility index (Phi) is 9.57. The highest BCUT2D eigenvalue weighted by molar-refractivity contribution is 6.31. The number of esters is 1. The summed E-state index contributed by atoms with van der Waals surface area (Å²) < 4.78 is 11.9. The molecule has 0 amide bonds. The molecular formula is C31H36ClNO3. The second-order valence-corrected chi connectivity index (χ2v) is 9.87. The number of halogens is 1. The van der Waals surface area contributed by atoms with E-state index in [2.05, 4.69) is 24.3 Å². The summed E-state index contributed by atoms with van der Waals surface area (Å²) in [6.45, 7) is 1.07. The molecule has 0 saturated heterocycles. The fraction of sp³-hybridized carbons (Fsp3) is 0.387. The zero-order chi connectivity index (χ0) is 25.2. The van der Waals surface area contributed by atoms with Crippen LogP contribution in [0.3, 0.4) is 0 Å². The van der Waals surface area contributed by atoms with E-state index >= 15 is 0 Å². The summed E-state index contributed by atoms with van der Waals surface area (Å²) in [7, 11) is 0. The molecule has 2 N–H and O–H groups in total. The number of hydrogen-bond donors (Lipinski definition) is 1. The van der Waals surface area contributed by atoms with Crippen LogP contribution in [0.5, 0.6) is 0 Å². The molecule has 190 valence electrons. The van der Waals surface area contributed by atoms with Gasteiger partial charge in [0.2, 0.25) is 0 Å². The van der Waals surface area contributed by atoms with Gasteiger partial charge >= 0.3 is 5.97 Å². The van der Waals surface area contributed by atoms with Gasteiger partial charge in [0, 0.05) is 28.3 Å². The standard InChI is InChI=1S/C31H36ClNO3/c32-29-15-9-8-14-28(29)31(26-12-6-3-7-13-26,36-30(34)20-22-35-23-21-33)27-18-16-25(17-19-27)24-10-4-1-2-5-11-24/h3,6-9,12-19,24H,1-2,4-5,10-11,20-23,33H2. The maximum Gasteiger partial charge on any atom is 0.309 e. The largest absolute Gasteiger partial charge is 0.444 e. The first kappa shape index (κ1) is 26.4. The van der Waals surface area contributed by atoms with Gasteiger partial charge in [0.1, 0.15) is 0 Å². The molecule has 4 nitrogen and oxygen atoms in total. The van der Waals surface area contributed by atoms with Gasteiger partial charge in [-0.05, 0) is 30.4 Å². The second kappa shape index (κ2) is 13.0. The minimum absolute atomic E-state index is 0.124. The van der Waals surface area contributed by atoms with E-state index in [0.717, 1.165) is 16.7 Å². The molecule has 36 heavy (non-hydrogen) atoms. The van der Waals surface area contributed by atoms with E-state index in [1.807, 2.05) is 54.6 Å². The van der Waals surface area contributed by atoms with E-state index in [1.54, 1.807) is 0 Å². The predicted molar refractivity (Wildman–Crippen MR) is 145 cm³/mol. The predicted octanol–water partition coefficient (Wildman–Crippen LogP) is 6.98. The zero-order valence-corrected chi connectivity index (χ0v) is 21.6. The maximum absolute atomic E-state index is 13.2. The lowest BCUT2D eigenvalue weighted by atomic mass is 9.79. The van der Waals surface area contributed by atoms with Crippen molar-refractivity contribution in [3.63, 3.8) is 0 Å². The molecular weight excluding hydrogens is 470 g/mol. The first-order valence-electron chi connectivity index (χ1n) is 13.1. The summed E-state index contributed by atoms with van der Waals surface area (Å²) >= 11 is 6.78. The molecule has 0 spiro atoms. The van der Waals surface area contributed by atoms with Gasteiger partial charge in [0.05, 0.1) is 19.6 Å². The fourth-order valence-corrected chi connectivity index (χ4v) is 5.50. The smallest absolute Gasteiger partial charge is 0.309 e. The number of rotatable bonds is 10. The second-order valence-electron chi connectivity index (χ2n) is 9.46. The van der Waals surface area contributed by atoms with Crippen molar-refractivity contribution in [1.29, 1.82) is 0 Å². The quantitative estimate of drug-likeness (QED) is 0.140. The van der Waals surface area contributed by atoms with E-state index < -0.39 is 5.60 Å². The average Bonchev–Trinajstić information content (AvgIpc) is 3.21. The van der Waals surface area contributed by atoms with Gasteiger partial charge in [-0.3, -0.25) is 4.79 Å². The Morgan fingerprint density at radius 3 is 2.14 bits per heavy atom. The summed E-state index contributed by atoms with van der Waals surface area (Å²) in [6, 6.07) is 26.1. The van der Waals surface area contributed by atoms with Gasteiger partial charge in [0.25, 0.3) is 0 Å². The maximum atomic E-state index is 13.2. The highest BCUT2D eigenvalue weighted by Gasteiger charge is 2.42. The number of nitrogens with two attached hydrogens (primary N) is 1. The first-order chi connectivity index (χ1) is 17.6. The molecule has 4 rings (SSSR count). The van der Waals surface area contributed by atoms with E-state index in [4.69, 9.17) is 26.8 Å². The van der Waals surface area contributed by atoms with Crippen LogP contribution in [0.25, 0.3) is 0 Å². The lowest BCUT2D eigenvalue weighted by Crippen LogP contribution is -2.36. The van der Waals surface area contributed by atoms with E-state index in [9.17, 15) is 4.79 Å². The van der Waals surface area contributed by atoms with Crippen LogP contribution >= 0.6 is 11.6 Å². The topological polar surface area (TPSA) is 61.5 Å². The van der Waals surface area contributed by atoms with Crippen LogP contribution in [0, 0.1) is 0 Å². The molecule has 1 saturated carbocycles. The molecule has 0 heterocycles. The molecule has 1 aliphatic carbocycles. The zero-order valence-electron chi connectivity index (χ0n) is 20.8. The van der Waals surface area contributed by atoms with Crippen LogP contribution in [0.15, 0.2) is 78.9 Å². The minimum atomic E-state index is -1.19. The summed E-state index contributed by atoms with van der Waals surface area (Å²) in [6.07, 6.45) is 7.79. The molecule has 1 aliphatic rings. The van der Waals surface area contributed by atoms with Crippen molar-refractivity contribution >= 4 is 17.6 Å². The number of ether oxygens (including phenoxy) is 2. The van der Waals surface area contributed by atoms with Crippen molar-refractivity contribution in [1.82, 2.24) is 0 Å². The monoisotopic (exact) mass is 505 g/mol. The molecule has 3 aromatic carbocycles. The van der Waals surface area contributed by atoms with Gasteiger partial charge in [-0.2, -0.15) is 0 Å². The Bertz CT molecular complexity index is 1090. The van der Waals surface area contributed by atoms with Gasteiger partial charge in [-0.25, -0.2) is 0 Å². The summed E-state index contributed by atoms with van der Waals surface area (Å²) in [5.74, 6) is 0.221. The van der Waals surface area contributed by atoms with Crippen molar-refractivity contribution in [3.05, 3.63) is 106 Å². The van der Waals surface area contributed by atoms with Crippen LogP contribution in [0.2, 0.25) is 5.02 Å². The third kappa shape index (κ3) is 6.18. The highest BCUT2D eigenvalue weighted by atomic mass is 35.5. The van der Waals surface area contributed by atoms with Gasteiger partial charge < -0.3 is 15.2 Å². The van der Waals surface area contributed by atoms with E-state index in [1.165, 1.54) is 44.1 Å².